The molecule has 0 atom stereocenters. The number of aromatic nitrogens is 3. The molecule has 0 fully saturated rings. The molecule has 0 N–H and O–H groups in total. The molecule has 0 aliphatic carbocycles. The minimum Gasteiger partial charge on any atom is -0.330 e. The standard InChI is InChI=1S/C14H13N3/c1-2-7-14-13(6-1)16-11-17(14)10-8-12-5-3-4-9-15-12/h1-7,9,11H,8,10H2. The van der Waals surface area contributed by atoms with Crippen LogP contribution in [0.1, 0.15) is 5.69 Å². The predicted octanol–water partition coefficient (Wildman–Crippen LogP) is 2.67. The van der Waals surface area contributed by atoms with Crippen LogP contribution in [0.15, 0.2) is 55.0 Å². The van der Waals surface area contributed by atoms with Gasteiger partial charge in [-0.05, 0) is 24.3 Å². The van der Waals surface area contributed by atoms with E-state index in [-0.39, 0.29) is 0 Å². The van der Waals surface area contributed by atoms with Gasteiger partial charge in [0.2, 0.25) is 0 Å². The molecule has 2 aromatic heterocycles. The van der Waals surface area contributed by atoms with Gasteiger partial charge in [-0.1, -0.05) is 18.2 Å². The highest BCUT2D eigenvalue weighted by Crippen LogP contribution is 2.12. The molecule has 0 aliphatic heterocycles. The number of benzene rings is 1. The van der Waals surface area contributed by atoms with Crippen molar-refractivity contribution in [3.63, 3.8) is 0 Å². The van der Waals surface area contributed by atoms with Gasteiger partial charge in [-0.15, -0.1) is 0 Å². The summed E-state index contributed by atoms with van der Waals surface area (Å²) in [6.45, 7) is 0.914. The van der Waals surface area contributed by atoms with Crippen molar-refractivity contribution in [2.24, 2.45) is 0 Å². The van der Waals surface area contributed by atoms with Crippen molar-refractivity contribution in [2.45, 2.75) is 13.0 Å². The Morgan fingerprint density at radius 3 is 2.71 bits per heavy atom. The van der Waals surface area contributed by atoms with E-state index in [1.54, 1.807) is 0 Å². The summed E-state index contributed by atoms with van der Waals surface area (Å²) in [5.41, 5.74) is 3.35. The van der Waals surface area contributed by atoms with Crippen molar-refractivity contribution in [3.05, 3.63) is 60.7 Å². The molecule has 1 aromatic carbocycles. The normalized spacial score (nSPS) is 10.8. The molecule has 0 aliphatic rings. The van der Waals surface area contributed by atoms with Crippen LogP contribution in [0.4, 0.5) is 0 Å². The number of pyridine rings is 1. The van der Waals surface area contributed by atoms with Gasteiger partial charge in [-0.3, -0.25) is 4.98 Å². The van der Waals surface area contributed by atoms with Crippen molar-refractivity contribution in [2.75, 3.05) is 0 Å². The van der Waals surface area contributed by atoms with Gasteiger partial charge >= 0.3 is 0 Å². The molecule has 3 nitrogen and oxygen atoms in total. The molecule has 84 valence electrons. The Labute approximate surface area is 99.8 Å². The molecule has 0 unspecified atom stereocenters. The van der Waals surface area contributed by atoms with Crippen LogP contribution in [-0.4, -0.2) is 14.5 Å². The van der Waals surface area contributed by atoms with Crippen LogP contribution in [0.5, 0.6) is 0 Å². The van der Waals surface area contributed by atoms with Gasteiger partial charge in [-0.25, -0.2) is 4.98 Å². The van der Waals surface area contributed by atoms with E-state index in [0.29, 0.717) is 0 Å². The molecule has 0 spiro atoms. The van der Waals surface area contributed by atoms with Gasteiger partial charge < -0.3 is 4.57 Å². The minimum absolute atomic E-state index is 0.914. The molecule has 17 heavy (non-hydrogen) atoms. The first-order chi connectivity index (χ1) is 8.43. The molecular formula is C14H13N3. The van der Waals surface area contributed by atoms with Crippen LogP contribution >= 0.6 is 0 Å². The summed E-state index contributed by atoms with van der Waals surface area (Å²) < 4.78 is 2.17. The Balaban J connectivity index is 1.82. The molecule has 0 radical (unpaired) electrons. The zero-order chi connectivity index (χ0) is 11.5. The highest BCUT2D eigenvalue weighted by atomic mass is 15.0. The van der Waals surface area contributed by atoms with E-state index in [1.807, 2.05) is 42.9 Å². The third kappa shape index (κ3) is 2.04. The van der Waals surface area contributed by atoms with Gasteiger partial charge in [0.1, 0.15) is 0 Å². The number of rotatable bonds is 3. The van der Waals surface area contributed by atoms with Crippen LogP contribution in [0.2, 0.25) is 0 Å². The van der Waals surface area contributed by atoms with E-state index < -0.39 is 0 Å². The number of nitrogens with zero attached hydrogens (tertiary/aromatic N) is 3. The smallest absolute Gasteiger partial charge is 0.0958 e. The Kier molecular flexibility index (Phi) is 2.58. The van der Waals surface area contributed by atoms with Crippen LogP contribution in [-0.2, 0) is 13.0 Å². The predicted molar refractivity (Wildman–Crippen MR) is 67.7 cm³/mol. The molecule has 2 heterocycles. The van der Waals surface area contributed by atoms with E-state index in [1.165, 1.54) is 5.52 Å². The van der Waals surface area contributed by atoms with Crippen molar-refractivity contribution in [3.8, 4) is 0 Å². The Morgan fingerprint density at radius 1 is 0.941 bits per heavy atom. The van der Waals surface area contributed by atoms with Crippen LogP contribution in [0.25, 0.3) is 11.0 Å². The highest BCUT2D eigenvalue weighted by Gasteiger charge is 2.01. The fourth-order valence-electron chi connectivity index (χ4n) is 1.97. The summed E-state index contributed by atoms with van der Waals surface area (Å²) in [7, 11) is 0. The van der Waals surface area contributed by atoms with E-state index >= 15 is 0 Å². The topological polar surface area (TPSA) is 30.7 Å². The van der Waals surface area contributed by atoms with Crippen molar-refractivity contribution in [1.29, 1.82) is 0 Å². The number of aryl methyl sites for hydroxylation is 2. The molecule has 0 saturated heterocycles. The second kappa shape index (κ2) is 4.37. The van der Waals surface area contributed by atoms with Crippen LogP contribution in [0, 0.1) is 0 Å². The first kappa shape index (κ1) is 10.0. The highest BCUT2D eigenvalue weighted by molar-refractivity contribution is 5.74. The third-order valence-corrected chi connectivity index (χ3v) is 2.86. The monoisotopic (exact) mass is 223 g/mol. The van der Waals surface area contributed by atoms with Crippen LogP contribution < -0.4 is 0 Å². The lowest BCUT2D eigenvalue weighted by molar-refractivity contribution is 0.703. The first-order valence-electron chi connectivity index (χ1n) is 5.73. The summed E-state index contributed by atoms with van der Waals surface area (Å²) in [6.07, 6.45) is 4.66. The zero-order valence-electron chi connectivity index (χ0n) is 9.45. The number of imidazole rings is 1. The third-order valence-electron chi connectivity index (χ3n) is 2.86. The van der Waals surface area contributed by atoms with Crippen molar-refractivity contribution in [1.82, 2.24) is 14.5 Å². The summed E-state index contributed by atoms with van der Waals surface area (Å²) in [5.74, 6) is 0. The fourth-order valence-corrected chi connectivity index (χ4v) is 1.97. The SMILES string of the molecule is c1ccc(CCn2cnc3ccccc32)nc1. The molecule has 0 bridgehead atoms. The van der Waals surface area contributed by atoms with Gasteiger partial charge in [0.05, 0.1) is 17.4 Å². The summed E-state index contributed by atoms with van der Waals surface area (Å²) in [6, 6.07) is 14.2. The van der Waals surface area contributed by atoms with Gasteiger partial charge in [-0.2, -0.15) is 0 Å². The summed E-state index contributed by atoms with van der Waals surface area (Å²) >= 11 is 0. The van der Waals surface area contributed by atoms with E-state index in [9.17, 15) is 0 Å². The second-order valence-corrected chi connectivity index (χ2v) is 4.00. The maximum atomic E-state index is 4.37. The Bertz CT molecular complexity index is 613. The average Bonchev–Trinajstić information content (AvgIpc) is 2.81. The fraction of sp³-hybridized carbons (Fsp3) is 0.143. The van der Waals surface area contributed by atoms with Gasteiger partial charge in [0, 0.05) is 24.9 Å². The lowest BCUT2D eigenvalue weighted by Crippen LogP contribution is -2.00. The lowest BCUT2D eigenvalue weighted by Gasteiger charge is -2.03. The molecular weight excluding hydrogens is 210 g/mol. The number of para-hydroxylation sites is 2. The van der Waals surface area contributed by atoms with E-state index in [0.717, 1.165) is 24.2 Å². The Morgan fingerprint density at radius 2 is 1.82 bits per heavy atom. The maximum absolute atomic E-state index is 4.37. The molecule has 0 saturated carbocycles. The minimum atomic E-state index is 0.914. The molecule has 3 rings (SSSR count). The molecule has 3 aromatic rings. The molecule has 3 heteroatoms. The van der Waals surface area contributed by atoms with E-state index in [4.69, 9.17) is 0 Å². The number of hydrogen-bond donors (Lipinski definition) is 0. The first-order valence-corrected chi connectivity index (χ1v) is 5.73. The van der Waals surface area contributed by atoms with Gasteiger partial charge in [0.15, 0.2) is 0 Å². The molecule has 0 amide bonds. The summed E-state index contributed by atoms with van der Waals surface area (Å²) in [5, 5.41) is 0. The van der Waals surface area contributed by atoms with Crippen molar-refractivity contribution >= 4 is 11.0 Å². The number of hydrogen-bond acceptors (Lipinski definition) is 2. The van der Waals surface area contributed by atoms with Gasteiger partial charge in [0.25, 0.3) is 0 Å². The second-order valence-electron chi connectivity index (χ2n) is 4.00. The Hall–Kier alpha value is -2.16. The summed E-state index contributed by atoms with van der Waals surface area (Å²) in [4.78, 5) is 8.70. The largest absolute Gasteiger partial charge is 0.330 e. The van der Waals surface area contributed by atoms with Crippen LogP contribution in [0.3, 0.4) is 0 Å². The quantitative estimate of drug-likeness (QED) is 0.683. The van der Waals surface area contributed by atoms with Crippen molar-refractivity contribution < 1.29 is 0 Å². The average molecular weight is 223 g/mol. The maximum Gasteiger partial charge on any atom is 0.0958 e. The lowest BCUT2D eigenvalue weighted by atomic mass is 10.2. The van der Waals surface area contributed by atoms with E-state index in [2.05, 4.69) is 26.7 Å². The number of fused-ring (bicyclic) bond motifs is 1. The zero-order valence-corrected chi connectivity index (χ0v) is 9.45.